The number of aliphatic hydroxyl groups is 1. The third-order valence-corrected chi connectivity index (χ3v) is 9.48. The molecule has 7 heteroatoms. The summed E-state index contributed by atoms with van der Waals surface area (Å²) in [6.45, 7) is 7.90. The van der Waals surface area contributed by atoms with Gasteiger partial charge in [-0.05, 0) is 63.5 Å². The number of ether oxygens (including phenoxy) is 1. The minimum absolute atomic E-state index is 0.0723. The number of hydrogen-bond acceptors (Lipinski definition) is 5. The summed E-state index contributed by atoms with van der Waals surface area (Å²) in [7, 11) is -3.83. The van der Waals surface area contributed by atoms with Crippen molar-refractivity contribution in [2.24, 2.45) is 11.8 Å². The largest absolute Gasteiger partial charge is 0.389 e. The van der Waals surface area contributed by atoms with Crippen LogP contribution in [0.1, 0.15) is 62.1 Å². The van der Waals surface area contributed by atoms with E-state index in [1.54, 1.807) is 0 Å². The fourth-order valence-electron chi connectivity index (χ4n) is 6.13. The summed E-state index contributed by atoms with van der Waals surface area (Å²) >= 11 is 0. The highest BCUT2D eigenvalue weighted by Gasteiger charge is 2.56. The zero-order valence-corrected chi connectivity index (χ0v) is 19.2. The molecule has 0 unspecified atom stereocenters. The van der Waals surface area contributed by atoms with Gasteiger partial charge in [0.25, 0.3) is 0 Å². The first-order valence-electron chi connectivity index (χ1n) is 11.0. The first kappa shape index (κ1) is 21.9. The molecule has 3 fully saturated rings. The lowest BCUT2D eigenvalue weighted by Crippen LogP contribution is -2.57. The van der Waals surface area contributed by atoms with Gasteiger partial charge in [-0.15, -0.1) is 0 Å². The summed E-state index contributed by atoms with van der Waals surface area (Å²) in [4.78, 5) is 12.6. The molecule has 5 atom stereocenters. The summed E-state index contributed by atoms with van der Waals surface area (Å²) in [6.07, 6.45) is 2.57. The Bertz CT molecular complexity index is 935. The van der Waals surface area contributed by atoms with Gasteiger partial charge < -0.3 is 9.84 Å². The Hall–Kier alpha value is -1.28. The van der Waals surface area contributed by atoms with Gasteiger partial charge in [0.05, 0.1) is 23.1 Å². The van der Waals surface area contributed by atoms with E-state index in [0.717, 1.165) is 23.1 Å². The summed E-state index contributed by atoms with van der Waals surface area (Å²) in [6, 6.07) is 3.51. The number of carbonyl (C=O) groups excluding carboxylic acids is 1. The maximum absolute atomic E-state index is 13.9. The second-order valence-electron chi connectivity index (χ2n) is 9.63. The van der Waals surface area contributed by atoms with E-state index in [0.29, 0.717) is 37.2 Å². The zero-order chi connectivity index (χ0) is 21.8. The molecular weight excluding hydrogens is 402 g/mol. The van der Waals surface area contributed by atoms with Crippen LogP contribution in [0.3, 0.4) is 0 Å². The summed E-state index contributed by atoms with van der Waals surface area (Å²) in [5, 5.41) is 11.4. The molecule has 0 aromatic heterocycles. The fraction of sp³-hybridized carbons (Fsp3) is 0.696. The van der Waals surface area contributed by atoms with Crippen molar-refractivity contribution in [3.8, 4) is 0 Å². The van der Waals surface area contributed by atoms with E-state index in [2.05, 4.69) is 0 Å². The lowest BCUT2D eigenvalue weighted by atomic mass is 9.63. The Morgan fingerprint density at radius 3 is 2.50 bits per heavy atom. The van der Waals surface area contributed by atoms with Crippen LogP contribution in [-0.2, 0) is 19.6 Å². The Labute approximate surface area is 179 Å². The van der Waals surface area contributed by atoms with Gasteiger partial charge in [0.15, 0.2) is 0 Å². The average molecular weight is 436 g/mol. The summed E-state index contributed by atoms with van der Waals surface area (Å²) in [5.41, 5.74) is 1.29. The maximum Gasteiger partial charge on any atom is 0.246 e. The molecule has 6 nitrogen and oxygen atoms in total. The van der Waals surface area contributed by atoms with Crippen molar-refractivity contribution in [3.05, 3.63) is 28.8 Å². The molecule has 1 aromatic carbocycles. The smallest absolute Gasteiger partial charge is 0.246 e. The number of fused-ring (bicyclic) bond motifs is 2. The Kier molecular flexibility index (Phi) is 5.62. The van der Waals surface area contributed by atoms with E-state index in [4.69, 9.17) is 4.74 Å². The molecule has 1 heterocycles. The third-order valence-electron chi connectivity index (χ3n) is 7.26. The van der Waals surface area contributed by atoms with Crippen molar-refractivity contribution in [2.45, 2.75) is 89.0 Å². The van der Waals surface area contributed by atoms with E-state index >= 15 is 0 Å². The lowest BCUT2D eigenvalue weighted by molar-refractivity contribution is -0.161. The highest BCUT2D eigenvalue weighted by molar-refractivity contribution is 7.89. The van der Waals surface area contributed by atoms with Gasteiger partial charge in [0, 0.05) is 18.8 Å². The predicted molar refractivity (Wildman–Crippen MR) is 114 cm³/mol. The first-order valence-corrected chi connectivity index (χ1v) is 12.5. The number of carbonyl (C=O) groups is 1. The quantitative estimate of drug-likeness (QED) is 0.785. The number of hydrogen-bond donors (Lipinski definition) is 1. The predicted octanol–water partition coefficient (Wildman–Crippen LogP) is 3.25. The van der Waals surface area contributed by atoms with Crippen LogP contribution < -0.4 is 0 Å². The molecule has 166 valence electrons. The molecule has 1 N–H and O–H groups in total. The second-order valence-corrected chi connectivity index (χ2v) is 11.4. The molecule has 1 aromatic rings. The van der Waals surface area contributed by atoms with E-state index in [1.165, 1.54) is 4.31 Å². The van der Waals surface area contributed by atoms with Crippen LogP contribution in [0.25, 0.3) is 0 Å². The molecule has 4 rings (SSSR count). The van der Waals surface area contributed by atoms with Crippen molar-refractivity contribution in [3.63, 3.8) is 0 Å². The highest BCUT2D eigenvalue weighted by Crippen LogP contribution is 2.49. The summed E-state index contributed by atoms with van der Waals surface area (Å²) < 4.78 is 35.5. The molecule has 2 bridgehead atoms. The van der Waals surface area contributed by atoms with Gasteiger partial charge in [-0.25, -0.2) is 8.42 Å². The van der Waals surface area contributed by atoms with Crippen LogP contribution in [0.2, 0.25) is 0 Å². The van der Waals surface area contributed by atoms with Gasteiger partial charge >= 0.3 is 0 Å². The summed E-state index contributed by atoms with van der Waals surface area (Å²) in [5.74, 6) is -0.124. The SMILES string of the molecule is CC[C@@H]1CO[C@H]([C@H]2CC[C@H]3CC(=O)C[C@]2(O)C3)N1S(=O)(=O)c1c(C)cc(C)cc1C. The van der Waals surface area contributed by atoms with Crippen molar-refractivity contribution in [2.75, 3.05) is 6.61 Å². The van der Waals surface area contributed by atoms with Gasteiger partial charge in [-0.3, -0.25) is 4.79 Å². The number of nitrogens with zero attached hydrogens (tertiary/aromatic N) is 1. The van der Waals surface area contributed by atoms with Crippen LogP contribution in [0, 0.1) is 32.6 Å². The second kappa shape index (κ2) is 7.69. The Morgan fingerprint density at radius 1 is 1.20 bits per heavy atom. The van der Waals surface area contributed by atoms with Gasteiger partial charge in [-0.2, -0.15) is 4.31 Å². The zero-order valence-electron chi connectivity index (χ0n) is 18.3. The lowest BCUT2D eigenvalue weighted by Gasteiger charge is -2.49. The molecule has 2 saturated carbocycles. The Balaban J connectivity index is 1.76. The van der Waals surface area contributed by atoms with Crippen molar-refractivity contribution in [1.82, 2.24) is 4.31 Å². The van der Waals surface area contributed by atoms with E-state index in [1.807, 2.05) is 39.8 Å². The van der Waals surface area contributed by atoms with Crippen molar-refractivity contribution < 1.29 is 23.1 Å². The van der Waals surface area contributed by atoms with Crippen LogP contribution in [0.15, 0.2) is 17.0 Å². The number of ketones is 1. The molecule has 3 aliphatic rings. The van der Waals surface area contributed by atoms with Gasteiger partial charge in [0.2, 0.25) is 10.0 Å². The number of sulfonamides is 1. The van der Waals surface area contributed by atoms with Gasteiger partial charge in [-0.1, -0.05) is 24.6 Å². The van der Waals surface area contributed by atoms with Crippen molar-refractivity contribution in [1.29, 1.82) is 0 Å². The van der Waals surface area contributed by atoms with Crippen LogP contribution in [0.5, 0.6) is 0 Å². The van der Waals surface area contributed by atoms with E-state index < -0.39 is 27.8 Å². The van der Waals surface area contributed by atoms with Crippen molar-refractivity contribution >= 4 is 15.8 Å². The average Bonchev–Trinajstić information content (AvgIpc) is 3.04. The molecule has 0 radical (unpaired) electrons. The topological polar surface area (TPSA) is 83.9 Å². The molecule has 0 spiro atoms. The molecule has 1 aliphatic heterocycles. The third kappa shape index (κ3) is 3.53. The highest BCUT2D eigenvalue weighted by atomic mass is 32.2. The molecule has 2 aliphatic carbocycles. The normalized spacial score (nSPS) is 35.0. The minimum Gasteiger partial charge on any atom is -0.389 e. The number of Topliss-reactive ketones (excluding diaryl/α,β-unsaturated/α-hetero) is 1. The van der Waals surface area contributed by atoms with Crippen LogP contribution in [-0.4, -0.2) is 48.1 Å². The Morgan fingerprint density at radius 2 is 1.87 bits per heavy atom. The molecule has 1 saturated heterocycles. The minimum atomic E-state index is -3.83. The van der Waals surface area contributed by atoms with E-state index in [-0.39, 0.29) is 24.2 Å². The standard InChI is InChI=1S/C23H33NO5S/c1-5-18-13-29-22(20-7-6-17-10-19(25)12-23(20,26)11-17)24(18)30(27,28)21-15(3)8-14(2)9-16(21)4/h8-9,17-18,20,22,26H,5-7,10-13H2,1-4H3/t17-,18+,20+,22+,23+/m0/s1. The number of rotatable bonds is 4. The monoisotopic (exact) mass is 435 g/mol. The van der Waals surface area contributed by atoms with Crippen LogP contribution in [0.4, 0.5) is 0 Å². The maximum atomic E-state index is 13.9. The fourth-order valence-corrected chi connectivity index (χ4v) is 8.35. The van der Waals surface area contributed by atoms with Gasteiger partial charge in [0.1, 0.15) is 12.0 Å². The molecular formula is C23H33NO5S. The molecule has 0 amide bonds. The van der Waals surface area contributed by atoms with E-state index in [9.17, 15) is 18.3 Å². The molecule has 30 heavy (non-hydrogen) atoms. The number of aryl methyl sites for hydroxylation is 3. The van der Waals surface area contributed by atoms with Crippen LogP contribution >= 0.6 is 0 Å². The number of benzene rings is 1. The first-order chi connectivity index (χ1) is 14.1.